The maximum Gasteiger partial charge on any atom is 0.286 e. The van der Waals surface area contributed by atoms with Crippen molar-refractivity contribution < 1.29 is 14.3 Å². The number of aromatic hydroxyl groups is 1. The van der Waals surface area contributed by atoms with Crippen LogP contribution in [0.4, 0.5) is 0 Å². The number of phenols is 1. The van der Waals surface area contributed by atoms with Gasteiger partial charge < -0.3 is 14.3 Å². The Balaban J connectivity index is 2.52. The predicted octanol–water partition coefficient (Wildman–Crippen LogP) is 4.74. The fourth-order valence-electron chi connectivity index (χ4n) is 2.38. The topological polar surface area (TPSA) is 38.7 Å². The van der Waals surface area contributed by atoms with Crippen LogP contribution >= 0.6 is 0 Å². The van der Waals surface area contributed by atoms with Crippen molar-refractivity contribution in [3.63, 3.8) is 0 Å². The molecule has 0 amide bonds. The lowest BCUT2D eigenvalue weighted by Crippen LogP contribution is -2.31. The van der Waals surface area contributed by atoms with Crippen LogP contribution in [0.2, 0.25) is 11.1 Å². The summed E-state index contributed by atoms with van der Waals surface area (Å²) in [5.74, 6) is 1.82. The van der Waals surface area contributed by atoms with Crippen LogP contribution < -0.4 is 9.16 Å². The molecule has 0 fully saturated rings. The van der Waals surface area contributed by atoms with Crippen molar-refractivity contribution >= 4 is 19.8 Å². The number of phenolic OH excluding ortho intramolecular Hbond substituents is 1. The zero-order chi connectivity index (χ0) is 15.6. The second kappa shape index (κ2) is 5.98. The minimum atomic E-state index is -1.02. The molecule has 4 heteroatoms. The second-order valence-corrected chi connectivity index (χ2v) is 9.42. The van der Waals surface area contributed by atoms with E-state index in [1.165, 1.54) is 0 Å². The molecule has 0 heterocycles. The molecule has 1 N–H and O–H groups in total. The Morgan fingerprint density at radius 1 is 1.14 bits per heavy atom. The first-order chi connectivity index (χ1) is 9.85. The number of methoxy groups -OCH3 is 1. The summed E-state index contributed by atoms with van der Waals surface area (Å²) in [6.45, 7) is 8.80. The number of benzene rings is 2. The molecule has 0 saturated heterocycles. The third-order valence-corrected chi connectivity index (χ3v) is 6.28. The average Bonchev–Trinajstić information content (AvgIpc) is 2.43. The highest BCUT2D eigenvalue weighted by molar-refractivity contribution is 6.56. The standard InChI is InChI=1S/C17H23O3Si/c1-6-21(17(2,3)4)20-16-11-14(19-5)9-12-7-8-13(18)10-15(12)16/h7-11,18H,6H2,1-5H3. The number of hydrogen-bond acceptors (Lipinski definition) is 3. The minimum absolute atomic E-state index is 0.144. The molecule has 0 atom stereocenters. The van der Waals surface area contributed by atoms with Gasteiger partial charge in [-0.1, -0.05) is 33.8 Å². The lowest BCUT2D eigenvalue weighted by molar-refractivity contribution is 0.412. The van der Waals surface area contributed by atoms with Crippen molar-refractivity contribution in [2.75, 3.05) is 7.11 Å². The first-order valence-corrected chi connectivity index (χ1v) is 8.81. The molecule has 0 bridgehead atoms. The molecular formula is C17H23O3Si. The van der Waals surface area contributed by atoms with Crippen LogP contribution in [0.15, 0.2) is 30.3 Å². The first-order valence-electron chi connectivity index (χ1n) is 7.20. The Kier molecular flexibility index (Phi) is 4.47. The fourth-order valence-corrected chi connectivity index (χ4v) is 4.32. The van der Waals surface area contributed by atoms with E-state index >= 15 is 0 Å². The molecule has 2 aromatic carbocycles. The number of hydrogen-bond donors (Lipinski definition) is 1. The fraction of sp³-hybridized carbons (Fsp3) is 0.412. The molecule has 0 aliphatic rings. The summed E-state index contributed by atoms with van der Waals surface area (Å²) in [5, 5.41) is 11.8. The largest absolute Gasteiger partial charge is 0.541 e. The minimum Gasteiger partial charge on any atom is -0.541 e. The van der Waals surface area contributed by atoms with Crippen LogP contribution in [0.5, 0.6) is 17.2 Å². The Morgan fingerprint density at radius 3 is 2.43 bits per heavy atom. The van der Waals surface area contributed by atoms with Crippen molar-refractivity contribution in [3.8, 4) is 17.2 Å². The van der Waals surface area contributed by atoms with Gasteiger partial charge in [0.15, 0.2) is 0 Å². The monoisotopic (exact) mass is 303 g/mol. The molecule has 0 aromatic heterocycles. The van der Waals surface area contributed by atoms with E-state index in [0.29, 0.717) is 0 Å². The zero-order valence-electron chi connectivity index (χ0n) is 13.4. The molecule has 1 radical (unpaired) electrons. The summed E-state index contributed by atoms with van der Waals surface area (Å²) >= 11 is 0. The molecule has 0 unspecified atom stereocenters. The third-order valence-electron chi connectivity index (χ3n) is 3.50. The SMILES string of the molecule is CC[Si](Oc1cc(OC)cc2ccc(O)cc12)C(C)(C)C. The summed E-state index contributed by atoms with van der Waals surface area (Å²) < 4.78 is 11.7. The molecule has 2 rings (SSSR count). The smallest absolute Gasteiger partial charge is 0.286 e. The van der Waals surface area contributed by atoms with E-state index in [1.54, 1.807) is 19.2 Å². The van der Waals surface area contributed by atoms with Crippen molar-refractivity contribution in [2.24, 2.45) is 0 Å². The molecule has 0 aliphatic carbocycles. The van der Waals surface area contributed by atoms with Gasteiger partial charge in [-0.05, 0) is 34.7 Å². The van der Waals surface area contributed by atoms with E-state index in [4.69, 9.17) is 9.16 Å². The van der Waals surface area contributed by atoms with Crippen LogP contribution in [0, 0.1) is 0 Å². The maximum absolute atomic E-state index is 9.75. The third kappa shape index (κ3) is 3.50. The molecule has 0 spiro atoms. The summed E-state index contributed by atoms with van der Waals surface area (Å²) in [7, 11) is 0.637. The van der Waals surface area contributed by atoms with Gasteiger partial charge in [0, 0.05) is 11.5 Å². The van der Waals surface area contributed by atoms with Crippen LogP contribution in [-0.4, -0.2) is 21.3 Å². The van der Waals surface area contributed by atoms with E-state index < -0.39 is 9.04 Å². The molecule has 3 nitrogen and oxygen atoms in total. The van der Waals surface area contributed by atoms with Gasteiger partial charge in [0.25, 0.3) is 9.04 Å². The van der Waals surface area contributed by atoms with Crippen LogP contribution in [0.25, 0.3) is 10.8 Å². The Labute approximate surface area is 128 Å². The van der Waals surface area contributed by atoms with E-state index in [0.717, 1.165) is 28.3 Å². The van der Waals surface area contributed by atoms with Crippen LogP contribution in [0.1, 0.15) is 27.7 Å². The summed E-state index contributed by atoms with van der Waals surface area (Å²) in [5.41, 5.74) is 0. The lowest BCUT2D eigenvalue weighted by Gasteiger charge is -2.28. The van der Waals surface area contributed by atoms with Gasteiger partial charge in [-0.25, -0.2) is 0 Å². The van der Waals surface area contributed by atoms with E-state index in [1.807, 2.05) is 18.2 Å². The summed E-state index contributed by atoms with van der Waals surface area (Å²) in [6, 6.07) is 10.2. The molecule has 21 heavy (non-hydrogen) atoms. The van der Waals surface area contributed by atoms with Gasteiger partial charge in [-0.15, -0.1) is 0 Å². The average molecular weight is 303 g/mol. The molecule has 113 valence electrons. The van der Waals surface area contributed by atoms with Crippen molar-refractivity contribution in [2.45, 2.75) is 38.8 Å². The normalized spacial score (nSPS) is 11.9. The molecule has 2 aromatic rings. The second-order valence-electron chi connectivity index (χ2n) is 6.16. The Morgan fingerprint density at radius 2 is 1.86 bits per heavy atom. The maximum atomic E-state index is 9.75. The number of fused-ring (bicyclic) bond motifs is 1. The number of ether oxygens (including phenoxy) is 1. The van der Waals surface area contributed by atoms with Crippen LogP contribution in [-0.2, 0) is 0 Å². The summed E-state index contributed by atoms with van der Waals surface area (Å²) in [6.07, 6.45) is 0. The van der Waals surface area contributed by atoms with Gasteiger partial charge in [0.2, 0.25) is 0 Å². The quantitative estimate of drug-likeness (QED) is 0.829. The van der Waals surface area contributed by atoms with Gasteiger partial charge >= 0.3 is 0 Å². The lowest BCUT2D eigenvalue weighted by atomic mass is 10.1. The van der Waals surface area contributed by atoms with Crippen molar-refractivity contribution in [1.29, 1.82) is 0 Å². The number of rotatable bonds is 4. The zero-order valence-corrected chi connectivity index (χ0v) is 14.4. The van der Waals surface area contributed by atoms with Crippen LogP contribution in [0.3, 0.4) is 0 Å². The molecule has 0 aliphatic heterocycles. The van der Waals surface area contributed by atoms with Gasteiger partial charge in [-0.3, -0.25) is 0 Å². The van der Waals surface area contributed by atoms with Gasteiger partial charge in [0.1, 0.15) is 17.2 Å². The van der Waals surface area contributed by atoms with Crippen molar-refractivity contribution in [1.82, 2.24) is 0 Å². The molecule has 0 saturated carbocycles. The highest BCUT2D eigenvalue weighted by atomic mass is 28.3. The molecular weight excluding hydrogens is 280 g/mol. The van der Waals surface area contributed by atoms with E-state index in [-0.39, 0.29) is 10.8 Å². The predicted molar refractivity (Wildman–Crippen MR) is 88.7 cm³/mol. The Bertz CT molecular complexity index is 632. The van der Waals surface area contributed by atoms with Crippen molar-refractivity contribution in [3.05, 3.63) is 30.3 Å². The first kappa shape index (κ1) is 15.7. The van der Waals surface area contributed by atoms with E-state index in [9.17, 15) is 5.11 Å². The van der Waals surface area contributed by atoms with E-state index in [2.05, 4.69) is 27.7 Å². The summed E-state index contributed by atoms with van der Waals surface area (Å²) in [4.78, 5) is 0. The highest BCUT2D eigenvalue weighted by Gasteiger charge is 2.29. The van der Waals surface area contributed by atoms with Gasteiger partial charge in [-0.2, -0.15) is 0 Å². The highest BCUT2D eigenvalue weighted by Crippen LogP contribution is 2.37. The van der Waals surface area contributed by atoms with Gasteiger partial charge in [0.05, 0.1) is 7.11 Å². The Hall–Kier alpha value is -1.68.